The van der Waals surface area contributed by atoms with Crippen LogP contribution in [0.15, 0.2) is 5.51 Å². The lowest BCUT2D eigenvalue weighted by molar-refractivity contribution is -0.153. The number of aryl methyl sites for hydroxylation is 1. The molecular weight excluding hydrogens is 367 g/mol. The number of halogens is 3. The number of hydrogen-bond donors (Lipinski definition) is 1. The van der Waals surface area contributed by atoms with Crippen molar-refractivity contribution in [2.24, 2.45) is 0 Å². The number of nitrogens with zero attached hydrogens (tertiary/aromatic N) is 3. The van der Waals surface area contributed by atoms with E-state index in [-0.39, 0.29) is 6.54 Å². The number of aliphatic hydroxyl groups is 1. The van der Waals surface area contributed by atoms with E-state index in [2.05, 4.69) is 4.98 Å². The maximum atomic E-state index is 12.3. The van der Waals surface area contributed by atoms with Crippen molar-refractivity contribution in [3.8, 4) is 0 Å². The first-order valence-electron chi connectivity index (χ1n) is 8.72. The smallest absolute Gasteiger partial charge is 0.387 e. The highest BCUT2D eigenvalue weighted by atomic mass is 32.1. The molecule has 0 bridgehead atoms. The number of carbonyl (C=O) groups excluding carboxylic acids is 1. The van der Waals surface area contributed by atoms with Crippen LogP contribution in [0.1, 0.15) is 36.3 Å². The van der Waals surface area contributed by atoms with E-state index in [9.17, 15) is 23.1 Å². The summed E-state index contributed by atoms with van der Waals surface area (Å²) in [5.41, 5.74) is 1.74. The molecular formula is C17H26F3N3O2S. The highest BCUT2D eigenvalue weighted by Gasteiger charge is 2.37. The molecule has 1 amide bonds. The molecule has 0 aromatic carbocycles. The number of alkyl halides is 3. The summed E-state index contributed by atoms with van der Waals surface area (Å²) < 4.78 is 36.9. The van der Waals surface area contributed by atoms with Gasteiger partial charge in [0.05, 0.1) is 29.8 Å². The van der Waals surface area contributed by atoms with Crippen molar-refractivity contribution in [2.75, 3.05) is 33.2 Å². The first kappa shape index (κ1) is 21.1. The lowest BCUT2D eigenvalue weighted by Crippen LogP contribution is -2.55. The zero-order chi connectivity index (χ0) is 19.4. The van der Waals surface area contributed by atoms with Crippen molar-refractivity contribution in [1.82, 2.24) is 14.8 Å². The van der Waals surface area contributed by atoms with Crippen LogP contribution >= 0.6 is 11.3 Å². The zero-order valence-corrected chi connectivity index (χ0v) is 16.0. The van der Waals surface area contributed by atoms with E-state index in [1.807, 2.05) is 24.4 Å². The minimum Gasteiger partial charge on any atom is -0.387 e. The molecule has 1 fully saturated rings. The first-order chi connectivity index (χ1) is 12.1. The zero-order valence-electron chi connectivity index (χ0n) is 15.2. The van der Waals surface area contributed by atoms with Crippen LogP contribution in [0.3, 0.4) is 0 Å². The van der Waals surface area contributed by atoms with E-state index >= 15 is 0 Å². The summed E-state index contributed by atoms with van der Waals surface area (Å²) >= 11 is 1.60. The standard InChI is InChI=1S/C17H26F3N3O2S/c1-13-14(26-12-21-13)5-9-22(2)10-16(25)6-3-8-23(11-16)15(24)4-7-17(18,19)20/h12,25H,3-11H2,1-2H3. The van der Waals surface area contributed by atoms with Crippen LogP contribution in [-0.4, -0.2) is 70.8 Å². The number of piperidine rings is 1. The quantitative estimate of drug-likeness (QED) is 0.774. The molecule has 1 aliphatic rings. The topological polar surface area (TPSA) is 56.7 Å². The second-order valence-corrected chi connectivity index (χ2v) is 8.05. The minimum absolute atomic E-state index is 0.0909. The molecule has 1 atom stereocenters. The van der Waals surface area contributed by atoms with Gasteiger partial charge in [-0.25, -0.2) is 4.98 Å². The Kier molecular flexibility index (Phi) is 7.04. The Morgan fingerprint density at radius 2 is 2.23 bits per heavy atom. The Morgan fingerprint density at radius 1 is 1.50 bits per heavy atom. The highest BCUT2D eigenvalue weighted by Crippen LogP contribution is 2.26. The molecule has 0 radical (unpaired) electrons. The summed E-state index contributed by atoms with van der Waals surface area (Å²) in [5, 5.41) is 10.8. The van der Waals surface area contributed by atoms with Crippen molar-refractivity contribution < 1.29 is 23.1 Å². The van der Waals surface area contributed by atoms with Gasteiger partial charge in [-0.1, -0.05) is 0 Å². The lowest BCUT2D eigenvalue weighted by Gasteiger charge is -2.41. The monoisotopic (exact) mass is 393 g/mol. The van der Waals surface area contributed by atoms with E-state index < -0.39 is 30.5 Å². The van der Waals surface area contributed by atoms with Crippen LogP contribution in [0.25, 0.3) is 0 Å². The van der Waals surface area contributed by atoms with Crippen molar-refractivity contribution >= 4 is 17.2 Å². The van der Waals surface area contributed by atoms with Crippen molar-refractivity contribution in [1.29, 1.82) is 0 Å². The molecule has 26 heavy (non-hydrogen) atoms. The average molecular weight is 393 g/mol. The molecule has 5 nitrogen and oxygen atoms in total. The summed E-state index contributed by atoms with van der Waals surface area (Å²) in [5.74, 6) is -0.539. The van der Waals surface area contributed by atoms with E-state index in [0.717, 1.165) is 18.7 Å². The Hall–Kier alpha value is -1.19. The van der Waals surface area contributed by atoms with E-state index in [1.165, 1.54) is 9.78 Å². The summed E-state index contributed by atoms with van der Waals surface area (Å²) in [6, 6.07) is 0. The Bertz CT molecular complexity index is 608. The normalized spacial score (nSPS) is 21.4. The molecule has 2 heterocycles. The third-order valence-electron chi connectivity index (χ3n) is 4.66. The van der Waals surface area contributed by atoms with Crippen LogP contribution in [0.5, 0.6) is 0 Å². The lowest BCUT2D eigenvalue weighted by atomic mass is 9.92. The van der Waals surface area contributed by atoms with Gasteiger partial charge in [0.15, 0.2) is 0 Å². The summed E-state index contributed by atoms with van der Waals surface area (Å²) in [4.78, 5) is 20.8. The number of likely N-dealkylation sites (N-methyl/N-ethyl adjacent to an activating group) is 1. The number of rotatable bonds is 7. The molecule has 0 spiro atoms. The molecule has 9 heteroatoms. The molecule has 1 N–H and O–H groups in total. The second-order valence-electron chi connectivity index (χ2n) is 7.11. The van der Waals surface area contributed by atoms with Gasteiger partial charge in [-0.05, 0) is 33.2 Å². The fourth-order valence-electron chi connectivity index (χ4n) is 3.30. The van der Waals surface area contributed by atoms with Gasteiger partial charge in [0, 0.05) is 30.9 Å². The summed E-state index contributed by atoms with van der Waals surface area (Å²) in [6.07, 6.45) is -4.04. The van der Waals surface area contributed by atoms with Crippen LogP contribution in [0.4, 0.5) is 13.2 Å². The van der Waals surface area contributed by atoms with Crippen molar-refractivity contribution in [3.63, 3.8) is 0 Å². The number of aromatic nitrogens is 1. The number of thiazole rings is 1. The molecule has 1 aromatic heterocycles. The number of β-amino-alcohol motifs (C(OH)–C–C–N with tert-alkyl or cyclic N) is 1. The average Bonchev–Trinajstić information content (AvgIpc) is 2.94. The van der Waals surface area contributed by atoms with Crippen molar-refractivity contribution in [3.05, 3.63) is 16.1 Å². The van der Waals surface area contributed by atoms with E-state index in [0.29, 0.717) is 25.9 Å². The van der Waals surface area contributed by atoms with Crippen LogP contribution < -0.4 is 0 Å². The summed E-state index contributed by atoms with van der Waals surface area (Å²) in [6.45, 7) is 3.59. The third kappa shape index (κ3) is 6.51. The van der Waals surface area contributed by atoms with Gasteiger partial charge in [-0.15, -0.1) is 11.3 Å². The molecule has 1 aromatic rings. The van der Waals surface area contributed by atoms with Crippen molar-refractivity contribution in [2.45, 2.75) is 50.8 Å². The number of hydrogen-bond acceptors (Lipinski definition) is 5. The third-order valence-corrected chi connectivity index (χ3v) is 5.65. The van der Waals surface area contributed by atoms with Crippen LogP contribution in [0.2, 0.25) is 0 Å². The van der Waals surface area contributed by atoms with Gasteiger partial charge in [0.25, 0.3) is 0 Å². The van der Waals surface area contributed by atoms with Crippen LogP contribution in [-0.2, 0) is 11.2 Å². The molecule has 1 unspecified atom stereocenters. The Labute approximate surface area is 155 Å². The largest absolute Gasteiger partial charge is 0.389 e. The minimum atomic E-state index is -4.34. The molecule has 148 valence electrons. The number of carbonyl (C=O) groups is 1. The van der Waals surface area contributed by atoms with E-state index in [1.54, 1.807) is 11.3 Å². The van der Waals surface area contributed by atoms with Gasteiger partial charge in [-0.3, -0.25) is 4.79 Å². The molecule has 1 saturated heterocycles. The fourth-order valence-corrected chi connectivity index (χ4v) is 4.07. The molecule has 0 saturated carbocycles. The van der Waals surface area contributed by atoms with Gasteiger partial charge >= 0.3 is 6.18 Å². The highest BCUT2D eigenvalue weighted by molar-refractivity contribution is 7.09. The maximum Gasteiger partial charge on any atom is 0.389 e. The van der Waals surface area contributed by atoms with Crippen LogP contribution in [0, 0.1) is 6.92 Å². The second kappa shape index (κ2) is 8.67. The number of amides is 1. The van der Waals surface area contributed by atoms with Gasteiger partial charge < -0.3 is 14.9 Å². The molecule has 2 rings (SSSR count). The molecule has 1 aliphatic heterocycles. The predicted octanol–water partition coefficient (Wildman–Crippen LogP) is 2.62. The Morgan fingerprint density at radius 3 is 2.85 bits per heavy atom. The summed E-state index contributed by atoms with van der Waals surface area (Å²) in [7, 11) is 1.90. The van der Waals surface area contributed by atoms with Gasteiger partial charge in [0.2, 0.25) is 5.91 Å². The predicted molar refractivity (Wildman–Crippen MR) is 94.1 cm³/mol. The van der Waals surface area contributed by atoms with Gasteiger partial charge in [0.1, 0.15) is 0 Å². The van der Waals surface area contributed by atoms with Gasteiger partial charge in [-0.2, -0.15) is 13.2 Å². The SMILES string of the molecule is Cc1ncsc1CCN(C)CC1(O)CCCN(C(=O)CCC(F)(F)F)C1. The fraction of sp³-hybridized carbons (Fsp3) is 0.765. The first-order valence-corrected chi connectivity index (χ1v) is 9.60. The molecule has 0 aliphatic carbocycles. The number of likely N-dealkylation sites (tertiary alicyclic amines) is 1. The maximum absolute atomic E-state index is 12.3. The van der Waals surface area contributed by atoms with E-state index in [4.69, 9.17) is 0 Å². The Balaban J connectivity index is 1.83.